The van der Waals surface area contributed by atoms with Crippen molar-refractivity contribution >= 4 is 17.3 Å². The molecule has 5 nitrogen and oxygen atoms in total. The van der Waals surface area contributed by atoms with Gasteiger partial charge in [0.1, 0.15) is 5.02 Å². The average molecular weight is 363 g/mol. The maximum atomic E-state index is 12.3. The Labute approximate surface area is 154 Å². The molecule has 1 aromatic heterocycles. The summed E-state index contributed by atoms with van der Waals surface area (Å²) < 4.78 is 1.41. The standard InChI is InChI=1S/C19H27ClN4O/c1-19(2,3)24-18(25)17(20)16(13-22-24)21-11-8-12-23(4)14-15-9-6-5-7-10-15/h5-7,9-10,13,21H,8,11-12,14H2,1-4H3. The lowest BCUT2D eigenvalue weighted by Crippen LogP contribution is -2.36. The van der Waals surface area contributed by atoms with E-state index in [1.807, 2.05) is 26.8 Å². The lowest BCUT2D eigenvalue weighted by Gasteiger charge is -2.21. The fourth-order valence-electron chi connectivity index (χ4n) is 2.58. The smallest absolute Gasteiger partial charge is 0.288 e. The lowest BCUT2D eigenvalue weighted by atomic mass is 10.1. The molecule has 1 aromatic carbocycles. The number of nitrogens with zero attached hydrogens (tertiary/aromatic N) is 3. The zero-order valence-corrected chi connectivity index (χ0v) is 16.2. The van der Waals surface area contributed by atoms with Crippen molar-refractivity contribution in [1.82, 2.24) is 14.7 Å². The molecule has 0 unspecified atom stereocenters. The molecule has 0 spiro atoms. The van der Waals surface area contributed by atoms with Crippen molar-refractivity contribution in [3.63, 3.8) is 0 Å². The summed E-state index contributed by atoms with van der Waals surface area (Å²) in [7, 11) is 2.10. The van der Waals surface area contributed by atoms with Gasteiger partial charge in [-0.3, -0.25) is 4.79 Å². The molecule has 0 radical (unpaired) electrons. The zero-order valence-electron chi connectivity index (χ0n) is 15.4. The van der Waals surface area contributed by atoms with Gasteiger partial charge in [0, 0.05) is 13.1 Å². The van der Waals surface area contributed by atoms with Crippen LogP contribution in [0.1, 0.15) is 32.8 Å². The number of anilines is 1. The van der Waals surface area contributed by atoms with Gasteiger partial charge < -0.3 is 10.2 Å². The number of hydrogen-bond acceptors (Lipinski definition) is 4. The average Bonchev–Trinajstić information content (AvgIpc) is 2.55. The number of rotatable bonds is 7. The molecule has 2 aromatic rings. The molecule has 0 aliphatic carbocycles. The van der Waals surface area contributed by atoms with Gasteiger partial charge in [-0.1, -0.05) is 41.9 Å². The highest BCUT2D eigenvalue weighted by molar-refractivity contribution is 6.32. The molecule has 6 heteroatoms. The third-order valence-corrected chi connectivity index (χ3v) is 4.25. The summed E-state index contributed by atoms with van der Waals surface area (Å²) in [6.07, 6.45) is 2.57. The molecule has 0 saturated carbocycles. The van der Waals surface area contributed by atoms with E-state index in [1.54, 1.807) is 6.20 Å². The Morgan fingerprint density at radius 1 is 1.24 bits per heavy atom. The molecule has 0 atom stereocenters. The number of hydrogen-bond donors (Lipinski definition) is 1. The van der Waals surface area contributed by atoms with Gasteiger partial charge in [0.15, 0.2) is 0 Å². The van der Waals surface area contributed by atoms with E-state index in [-0.39, 0.29) is 16.1 Å². The summed E-state index contributed by atoms with van der Waals surface area (Å²) in [5.41, 5.74) is 1.24. The van der Waals surface area contributed by atoms with E-state index in [0.29, 0.717) is 5.69 Å². The second-order valence-electron chi connectivity index (χ2n) is 7.26. The van der Waals surface area contributed by atoms with Crippen molar-refractivity contribution in [3.8, 4) is 0 Å². The summed E-state index contributed by atoms with van der Waals surface area (Å²) in [5.74, 6) is 0. The highest BCUT2D eigenvalue weighted by atomic mass is 35.5. The van der Waals surface area contributed by atoms with Crippen LogP contribution in [0.2, 0.25) is 5.02 Å². The van der Waals surface area contributed by atoms with Crippen LogP contribution in [-0.2, 0) is 12.1 Å². The third-order valence-electron chi connectivity index (χ3n) is 3.88. The van der Waals surface area contributed by atoms with Crippen LogP contribution < -0.4 is 10.9 Å². The van der Waals surface area contributed by atoms with Crippen molar-refractivity contribution in [2.24, 2.45) is 0 Å². The van der Waals surface area contributed by atoms with Gasteiger partial charge in [-0.25, -0.2) is 4.68 Å². The van der Waals surface area contributed by atoms with Gasteiger partial charge in [0.05, 0.1) is 17.4 Å². The highest BCUT2D eigenvalue weighted by Gasteiger charge is 2.19. The molecule has 0 amide bonds. The molecule has 0 fully saturated rings. The van der Waals surface area contributed by atoms with Crippen molar-refractivity contribution in [2.75, 3.05) is 25.5 Å². The predicted octanol–water partition coefficient (Wildman–Crippen LogP) is 3.59. The first-order chi connectivity index (χ1) is 11.8. The van der Waals surface area contributed by atoms with Crippen LogP contribution in [-0.4, -0.2) is 34.8 Å². The van der Waals surface area contributed by atoms with Crippen LogP contribution in [0.25, 0.3) is 0 Å². The summed E-state index contributed by atoms with van der Waals surface area (Å²) in [6, 6.07) is 10.4. The Hall–Kier alpha value is -1.85. The van der Waals surface area contributed by atoms with E-state index in [4.69, 9.17) is 11.6 Å². The maximum absolute atomic E-state index is 12.3. The number of aromatic nitrogens is 2. The summed E-state index contributed by atoms with van der Waals surface area (Å²) in [4.78, 5) is 14.6. The molecule has 0 saturated heterocycles. The monoisotopic (exact) mass is 362 g/mol. The second kappa shape index (κ2) is 8.50. The van der Waals surface area contributed by atoms with Crippen LogP contribution in [0.3, 0.4) is 0 Å². The van der Waals surface area contributed by atoms with Crippen molar-refractivity contribution in [2.45, 2.75) is 39.3 Å². The maximum Gasteiger partial charge on any atom is 0.288 e. The fraction of sp³-hybridized carbons (Fsp3) is 0.474. The minimum atomic E-state index is -0.389. The highest BCUT2D eigenvalue weighted by Crippen LogP contribution is 2.18. The minimum Gasteiger partial charge on any atom is -0.382 e. The summed E-state index contributed by atoms with van der Waals surface area (Å²) >= 11 is 6.21. The Balaban J connectivity index is 1.84. The van der Waals surface area contributed by atoms with E-state index in [0.717, 1.165) is 26.1 Å². The molecular weight excluding hydrogens is 336 g/mol. The van der Waals surface area contributed by atoms with E-state index in [2.05, 4.69) is 46.6 Å². The summed E-state index contributed by atoms with van der Waals surface area (Å²) in [5, 5.41) is 7.64. The third kappa shape index (κ3) is 5.58. The van der Waals surface area contributed by atoms with E-state index in [1.165, 1.54) is 10.2 Å². The topological polar surface area (TPSA) is 50.2 Å². The first kappa shape index (κ1) is 19.5. The van der Waals surface area contributed by atoms with Crippen LogP contribution in [0, 0.1) is 0 Å². The van der Waals surface area contributed by atoms with Crippen LogP contribution in [0.15, 0.2) is 41.3 Å². The van der Waals surface area contributed by atoms with Crippen LogP contribution >= 0.6 is 11.6 Å². The van der Waals surface area contributed by atoms with E-state index >= 15 is 0 Å². The molecule has 136 valence electrons. The van der Waals surface area contributed by atoms with Gasteiger partial charge in [0.25, 0.3) is 5.56 Å². The van der Waals surface area contributed by atoms with Crippen molar-refractivity contribution in [3.05, 3.63) is 57.5 Å². The molecule has 1 heterocycles. The Morgan fingerprint density at radius 3 is 2.56 bits per heavy atom. The number of benzene rings is 1. The normalized spacial score (nSPS) is 11.8. The first-order valence-corrected chi connectivity index (χ1v) is 8.91. The van der Waals surface area contributed by atoms with Gasteiger partial charge in [-0.2, -0.15) is 5.10 Å². The SMILES string of the molecule is CN(CCCNc1cnn(C(C)(C)C)c(=O)c1Cl)Cc1ccccc1. The van der Waals surface area contributed by atoms with Gasteiger partial charge in [-0.15, -0.1) is 0 Å². The second-order valence-corrected chi connectivity index (χ2v) is 7.64. The minimum absolute atomic E-state index is 0.197. The molecule has 1 N–H and O–H groups in total. The summed E-state index contributed by atoms with van der Waals surface area (Å²) in [6.45, 7) is 8.38. The Kier molecular flexibility index (Phi) is 6.62. The molecule has 25 heavy (non-hydrogen) atoms. The van der Waals surface area contributed by atoms with Gasteiger partial charge >= 0.3 is 0 Å². The van der Waals surface area contributed by atoms with Gasteiger partial charge in [-0.05, 0) is 46.3 Å². The molecule has 0 aliphatic rings. The van der Waals surface area contributed by atoms with Crippen LogP contribution in [0.4, 0.5) is 5.69 Å². The van der Waals surface area contributed by atoms with E-state index in [9.17, 15) is 4.79 Å². The Morgan fingerprint density at radius 2 is 1.92 bits per heavy atom. The predicted molar refractivity (Wildman–Crippen MR) is 104 cm³/mol. The van der Waals surface area contributed by atoms with E-state index < -0.39 is 0 Å². The molecule has 2 rings (SSSR count). The van der Waals surface area contributed by atoms with Crippen LogP contribution in [0.5, 0.6) is 0 Å². The quantitative estimate of drug-likeness (QED) is 0.765. The fourth-order valence-corrected chi connectivity index (χ4v) is 2.78. The zero-order chi connectivity index (χ0) is 18.4. The molecular formula is C19H27ClN4O. The van der Waals surface area contributed by atoms with Gasteiger partial charge in [0.2, 0.25) is 0 Å². The molecule has 0 bridgehead atoms. The molecule has 0 aliphatic heterocycles. The first-order valence-electron chi connectivity index (χ1n) is 8.53. The largest absolute Gasteiger partial charge is 0.382 e. The Bertz CT molecular complexity index is 737. The van der Waals surface area contributed by atoms with Crippen molar-refractivity contribution < 1.29 is 0 Å². The number of nitrogens with one attached hydrogen (secondary N) is 1. The van der Waals surface area contributed by atoms with Crippen molar-refractivity contribution in [1.29, 1.82) is 0 Å². The number of halogens is 1. The lowest BCUT2D eigenvalue weighted by molar-refractivity contribution is 0.325.